The molecule has 3 nitrogen and oxygen atoms in total. The van der Waals surface area contributed by atoms with Gasteiger partial charge in [0.1, 0.15) is 11.5 Å². The molecule has 0 aliphatic carbocycles. The van der Waals surface area contributed by atoms with E-state index in [9.17, 15) is 10.2 Å². The lowest BCUT2D eigenvalue weighted by molar-refractivity contribution is 0.462. The molecule has 13 heavy (non-hydrogen) atoms. The van der Waals surface area contributed by atoms with E-state index in [-0.39, 0.29) is 11.5 Å². The van der Waals surface area contributed by atoms with E-state index in [4.69, 9.17) is 0 Å². The van der Waals surface area contributed by atoms with Gasteiger partial charge in [0, 0.05) is 23.5 Å². The van der Waals surface area contributed by atoms with Crippen molar-refractivity contribution in [1.82, 2.24) is 4.98 Å². The van der Waals surface area contributed by atoms with Crippen molar-refractivity contribution in [3.8, 4) is 22.6 Å². The van der Waals surface area contributed by atoms with Gasteiger partial charge in [0.15, 0.2) is 0 Å². The van der Waals surface area contributed by atoms with Crippen molar-refractivity contribution in [2.45, 2.75) is 0 Å². The van der Waals surface area contributed by atoms with E-state index in [0.29, 0.717) is 5.56 Å². The van der Waals surface area contributed by atoms with Crippen LogP contribution in [-0.2, 0) is 0 Å². The molecule has 0 fully saturated rings. The Hall–Kier alpha value is -1.90. The third-order valence-corrected chi connectivity index (χ3v) is 1.89. The summed E-state index contributed by atoms with van der Waals surface area (Å²) in [5, 5.41) is 18.7. The molecule has 0 bridgehead atoms. The molecular formula is C10H9NO2. The fourth-order valence-electron chi connectivity index (χ4n) is 1.25. The minimum atomic E-state index is 0.147. The SMILES string of the molecule is Oc1ccc(O)c(-c2cc[nH]c2)c1. The van der Waals surface area contributed by atoms with Gasteiger partial charge in [-0.25, -0.2) is 0 Å². The van der Waals surface area contributed by atoms with Gasteiger partial charge >= 0.3 is 0 Å². The molecule has 3 heteroatoms. The lowest BCUT2D eigenvalue weighted by Crippen LogP contribution is -1.75. The highest BCUT2D eigenvalue weighted by Crippen LogP contribution is 2.31. The Morgan fingerprint density at radius 2 is 1.92 bits per heavy atom. The number of aromatic nitrogens is 1. The number of phenols is 2. The molecule has 0 aliphatic heterocycles. The zero-order valence-electron chi connectivity index (χ0n) is 6.86. The van der Waals surface area contributed by atoms with Gasteiger partial charge in [-0.15, -0.1) is 0 Å². The zero-order chi connectivity index (χ0) is 9.26. The van der Waals surface area contributed by atoms with Crippen LogP contribution in [0.15, 0.2) is 36.7 Å². The Morgan fingerprint density at radius 1 is 1.08 bits per heavy atom. The quantitative estimate of drug-likeness (QED) is 0.581. The van der Waals surface area contributed by atoms with Crippen LogP contribution in [0.4, 0.5) is 0 Å². The molecule has 2 rings (SSSR count). The van der Waals surface area contributed by atoms with Crippen molar-refractivity contribution in [2.75, 3.05) is 0 Å². The first-order valence-corrected chi connectivity index (χ1v) is 3.92. The average Bonchev–Trinajstić information content (AvgIpc) is 2.61. The fraction of sp³-hybridized carbons (Fsp3) is 0. The lowest BCUT2D eigenvalue weighted by Gasteiger charge is -2.01. The van der Waals surface area contributed by atoms with E-state index in [2.05, 4.69) is 4.98 Å². The molecule has 3 N–H and O–H groups in total. The highest BCUT2D eigenvalue weighted by atomic mass is 16.3. The van der Waals surface area contributed by atoms with E-state index in [1.807, 2.05) is 6.07 Å². The summed E-state index contributed by atoms with van der Waals surface area (Å²) in [4.78, 5) is 2.88. The summed E-state index contributed by atoms with van der Waals surface area (Å²) in [6, 6.07) is 6.27. The topological polar surface area (TPSA) is 56.2 Å². The Labute approximate surface area is 75.3 Å². The first-order valence-electron chi connectivity index (χ1n) is 3.92. The number of rotatable bonds is 1. The Morgan fingerprint density at radius 3 is 2.62 bits per heavy atom. The molecule has 0 saturated carbocycles. The molecule has 1 aromatic carbocycles. The standard InChI is InChI=1S/C10H9NO2/c12-8-1-2-10(13)9(5-8)7-3-4-11-6-7/h1-6,11-13H. The molecule has 0 unspecified atom stereocenters. The van der Waals surface area contributed by atoms with Gasteiger partial charge in [-0.2, -0.15) is 0 Å². The first kappa shape index (κ1) is 7.73. The number of H-pyrrole nitrogens is 1. The fourth-order valence-corrected chi connectivity index (χ4v) is 1.25. The molecular weight excluding hydrogens is 166 g/mol. The average molecular weight is 175 g/mol. The van der Waals surface area contributed by atoms with E-state index < -0.39 is 0 Å². The van der Waals surface area contributed by atoms with Gasteiger partial charge in [-0.3, -0.25) is 0 Å². The molecule has 0 amide bonds. The summed E-state index contributed by atoms with van der Waals surface area (Å²) < 4.78 is 0. The van der Waals surface area contributed by atoms with Crippen LogP contribution in [0.5, 0.6) is 11.5 Å². The van der Waals surface area contributed by atoms with Gasteiger partial charge in [0.25, 0.3) is 0 Å². The maximum absolute atomic E-state index is 9.48. The van der Waals surface area contributed by atoms with Gasteiger partial charge in [-0.05, 0) is 24.3 Å². The van der Waals surface area contributed by atoms with Crippen molar-refractivity contribution in [1.29, 1.82) is 0 Å². The molecule has 0 radical (unpaired) electrons. The number of phenolic OH excluding ortho intramolecular Hbond substituents is 2. The minimum absolute atomic E-state index is 0.147. The second-order valence-corrected chi connectivity index (χ2v) is 2.80. The van der Waals surface area contributed by atoms with Gasteiger partial charge in [0.2, 0.25) is 0 Å². The molecule has 66 valence electrons. The molecule has 0 saturated heterocycles. The van der Waals surface area contributed by atoms with Crippen LogP contribution in [0.3, 0.4) is 0 Å². The van der Waals surface area contributed by atoms with E-state index in [1.165, 1.54) is 18.2 Å². The van der Waals surface area contributed by atoms with Gasteiger partial charge < -0.3 is 15.2 Å². The van der Waals surface area contributed by atoms with Crippen LogP contribution in [0, 0.1) is 0 Å². The summed E-state index contributed by atoms with van der Waals surface area (Å²) in [5.41, 5.74) is 1.48. The smallest absolute Gasteiger partial charge is 0.123 e. The molecule has 0 aliphatic rings. The molecule has 1 heterocycles. The third kappa shape index (κ3) is 1.36. The van der Waals surface area contributed by atoms with Crippen molar-refractivity contribution in [3.05, 3.63) is 36.7 Å². The van der Waals surface area contributed by atoms with Crippen LogP contribution >= 0.6 is 0 Å². The van der Waals surface area contributed by atoms with Crippen LogP contribution in [0.25, 0.3) is 11.1 Å². The summed E-state index contributed by atoms with van der Waals surface area (Å²) >= 11 is 0. The summed E-state index contributed by atoms with van der Waals surface area (Å²) in [7, 11) is 0. The predicted octanol–water partition coefficient (Wildman–Crippen LogP) is 2.09. The predicted molar refractivity (Wildman–Crippen MR) is 49.6 cm³/mol. The second kappa shape index (κ2) is 2.86. The van der Waals surface area contributed by atoms with E-state index >= 15 is 0 Å². The highest BCUT2D eigenvalue weighted by Gasteiger charge is 2.04. The van der Waals surface area contributed by atoms with Crippen molar-refractivity contribution < 1.29 is 10.2 Å². The number of nitrogens with one attached hydrogen (secondary N) is 1. The zero-order valence-corrected chi connectivity index (χ0v) is 6.86. The Balaban J connectivity index is 2.57. The number of aromatic amines is 1. The number of hydrogen-bond donors (Lipinski definition) is 3. The monoisotopic (exact) mass is 175 g/mol. The highest BCUT2D eigenvalue weighted by molar-refractivity contribution is 5.70. The summed E-state index contributed by atoms with van der Waals surface area (Å²) in [5.74, 6) is 0.311. The number of hydrogen-bond acceptors (Lipinski definition) is 2. The Bertz CT molecular complexity index is 407. The van der Waals surface area contributed by atoms with Crippen LogP contribution in [0.1, 0.15) is 0 Å². The minimum Gasteiger partial charge on any atom is -0.508 e. The van der Waals surface area contributed by atoms with E-state index in [1.54, 1.807) is 12.4 Å². The number of benzene rings is 1. The first-order chi connectivity index (χ1) is 6.27. The van der Waals surface area contributed by atoms with Crippen LogP contribution in [0.2, 0.25) is 0 Å². The molecule has 0 atom stereocenters. The van der Waals surface area contributed by atoms with Gasteiger partial charge in [0.05, 0.1) is 0 Å². The van der Waals surface area contributed by atoms with Crippen molar-refractivity contribution >= 4 is 0 Å². The van der Waals surface area contributed by atoms with Gasteiger partial charge in [-0.1, -0.05) is 0 Å². The molecule has 2 aromatic rings. The molecule has 1 aromatic heterocycles. The second-order valence-electron chi connectivity index (χ2n) is 2.80. The maximum Gasteiger partial charge on any atom is 0.123 e. The lowest BCUT2D eigenvalue weighted by atomic mass is 10.1. The van der Waals surface area contributed by atoms with E-state index in [0.717, 1.165) is 5.56 Å². The van der Waals surface area contributed by atoms with Crippen molar-refractivity contribution in [3.63, 3.8) is 0 Å². The van der Waals surface area contributed by atoms with Crippen molar-refractivity contribution in [2.24, 2.45) is 0 Å². The van der Waals surface area contributed by atoms with Crippen LogP contribution < -0.4 is 0 Å². The summed E-state index contributed by atoms with van der Waals surface area (Å²) in [6.07, 6.45) is 3.52. The van der Waals surface area contributed by atoms with Crippen LogP contribution in [-0.4, -0.2) is 15.2 Å². The normalized spacial score (nSPS) is 10.2. The Kier molecular flexibility index (Phi) is 1.70. The number of aromatic hydroxyl groups is 2. The molecule has 0 spiro atoms. The third-order valence-electron chi connectivity index (χ3n) is 1.89. The summed E-state index contributed by atoms with van der Waals surface area (Å²) in [6.45, 7) is 0. The maximum atomic E-state index is 9.48. The largest absolute Gasteiger partial charge is 0.508 e.